The van der Waals surface area contributed by atoms with E-state index in [1.54, 1.807) is 19.1 Å². The Bertz CT molecular complexity index is 2750. The molecule has 13 nitrogen and oxygen atoms in total. The van der Waals surface area contributed by atoms with E-state index in [1.807, 2.05) is 146 Å². The summed E-state index contributed by atoms with van der Waals surface area (Å²) < 4.78 is 39.2. The molecule has 0 amide bonds. The van der Waals surface area contributed by atoms with Crippen LogP contribution in [0.2, 0.25) is 0 Å². The molecule has 0 spiro atoms. The van der Waals surface area contributed by atoms with Crippen LogP contribution in [0.25, 0.3) is 16.7 Å². The molecule has 9 rings (SSSR count). The van der Waals surface area contributed by atoms with Gasteiger partial charge in [0.1, 0.15) is 60.9 Å². The zero-order valence-corrected chi connectivity index (χ0v) is 39.1. The van der Waals surface area contributed by atoms with Crippen molar-refractivity contribution < 1.29 is 82.1 Å². The Morgan fingerprint density at radius 1 is 0.557 bits per heavy atom. The fraction of sp³-hybridized carbons (Fsp3) is 0.196. The van der Waals surface area contributed by atoms with Crippen molar-refractivity contribution in [2.45, 2.75) is 46.0 Å². The van der Waals surface area contributed by atoms with Crippen LogP contribution in [0.15, 0.2) is 164 Å². The van der Waals surface area contributed by atoms with Crippen molar-refractivity contribution in [3.8, 4) is 34.5 Å². The smallest absolute Gasteiger partial charge is 0.870 e. The summed E-state index contributed by atoms with van der Waals surface area (Å²) in [7, 11) is 0. The third-order valence-corrected chi connectivity index (χ3v) is 10.7. The minimum atomic E-state index is -0.938. The summed E-state index contributed by atoms with van der Waals surface area (Å²) in [5.74, 6) is 2.14. The van der Waals surface area contributed by atoms with Crippen LogP contribution in [0.3, 0.4) is 0 Å². The van der Waals surface area contributed by atoms with Crippen LogP contribution in [-0.2, 0) is 38.9 Å². The third kappa shape index (κ3) is 16.0. The van der Waals surface area contributed by atoms with Crippen molar-refractivity contribution in [2.75, 3.05) is 26.4 Å². The number of carbonyl (C=O) groups excluding carboxylic acids is 1. The molecular formula is C56H53LiO13. The monoisotopic (exact) mass is 940 g/mol. The third-order valence-electron chi connectivity index (χ3n) is 10.7. The number of carbonyl (C=O) groups is 3. The molecule has 70 heavy (non-hydrogen) atoms. The van der Waals surface area contributed by atoms with Crippen molar-refractivity contribution in [3.05, 3.63) is 197 Å². The number of ether oxygens (including phenoxy) is 7. The van der Waals surface area contributed by atoms with Crippen LogP contribution in [-0.4, -0.2) is 60.0 Å². The second-order valence-corrected chi connectivity index (χ2v) is 15.5. The van der Waals surface area contributed by atoms with E-state index in [2.05, 4.69) is 0 Å². The average molecular weight is 941 g/mol. The molecule has 356 valence electrons. The maximum Gasteiger partial charge on any atom is 1.00 e. The van der Waals surface area contributed by atoms with Gasteiger partial charge in [-0.1, -0.05) is 91.0 Å². The summed E-state index contributed by atoms with van der Waals surface area (Å²) >= 11 is 0. The molecular weight excluding hydrogens is 888 g/mol. The molecule has 6 aromatic carbocycles. The maximum absolute atomic E-state index is 11.7. The fourth-order valence-corrected chi connectivity index (χ4v) is 7.41. The van der Waals surface area contributed by atoms with Gasteiger partial charge in [0.25, 0.3) is 0 Å². The summed E-state index contributed by atoms with van der Waals surface area (Å²) in [6.07, 6.45) is 5.89. The molecule has 14 heteroatoms. The summed E-state index contributed by atoms with van der Waals surface area (Å²) in [6, 6.07) is 46.5. The van der Waals surface area contributed by atoms with Crippen LogP contribution in [0.4, 0.5) is 0 Å². The molecule has 3 heterocycles. The number of fused-ring (bicyclic) bond motifs is 3. The van der Waals surface area contributed by atoms with E-state index in [1.165, 1.54) is 6.08 Å². The van der Waals surface area contributed by atoms with Crippen molar-refractivity contribution in [3.63, 3.8) is 0 Å². The second-order valence-electron chi connectivity index (χ2n) is 15.5. The molecule has 6 aromatic rings. The first-order valence-electron chi connectivity index (χ1n) is 22.2. The number of aliphatic carboxylic acids is 2. The minimum Gasteiger partial charge on any atom is -0.870 e. The van der Waals surface area contributed by atoms with Crippen molar-refractivity contribution in [1.29, 1.82) is 0 Å². The molecule has 0 aliphatic carbocycles. The first-order valence-corrected chi connectivity index (χ1v) is 22.2. The number of carboxylic acid groups (broad SMARTS) is 2. The summed E-state index contributed by atoms with van der Waals surface area (Å²) in [5.41, 5.74) is 8.35. The van der Waals surface area contributed by atoms with Gasteiger partial charge in [0.15, 0.2) is 0 Å². The fourth-order valence-electron chi connectivity index (χ4n) is 7.41. The van der Waals surface area contributed by atoms with E-state index in [0.717, 1.165) is 61.6 Å². The molecule has 0 unspecified atom stereocenters. The molecule has 0 aromatic heterocycles. The van der Waals surface area contributed by atoms with Gasteiger partial charge in [0.05, 0.1) is 26.2 Å². The molecule has 3 aliphatic heterocycles. The standard InChI is InChI=1S/C20H20O4.2C18H16O4.Li.H2O/c1-2-22-20(21)12-16-10-11-23-19-13-17(8-9-18(16)19)24-14-15-6-4-3-5-7-15;2*19-18(20)10-14-8-9-21-17-11-15(6-7-16(14)17)22-12-13-4-2-1-3-5-13;;/h3-9,12-13H,2,10-11,14H2,1H3;1-7,10-11H,8-9,12H2,(H,19,20);1-8,11H,9-10,12H2,(H,19,20);;1H2/q;;;+1;/p-1/b16-12+;14-10+;;;. The van der Waals surface area contributed by atoms with Crippen LogP contribution >= 0.6 is 0 Å². The van der Waals surface area contributed by atoms with Gasteiger partial charge in [0.2, 0.25) is 0 Å². The van der Waals surface area contributed by atoms with Crippen LogP contribution in [0.1, 0.15) is 59.6 Å². The van der Waals surface area contributed by atoms with E-state index >= 15 is 0 Å². The van der Waals surface area contributed by atoms with Crippen LogP contribution < -0.4 is 47.3 Å². The molecule has 3 aliphatic rings. The zero-order valence-electron chi connectivity index (χ0n) is 39.1. The quantitative estimate of drug-likeness (QED) is 0.0612. The van der Waals surface area contributed by atoms with Gasteiger partial charge in [-0.2, -0.15) is 0 Å². The first kappa shape index (κ1) is 53.3. The van der Waals surface area contributed by atoms with E-state index in [0.29, 0.717) is 82.1 Å². The van der Waals surface area contributed by atoms with Crippen LogP contribution in [0, 0.1) is 0 Å². The van der Waals surface area contributed by atoms with E-state index in [4.69, 9.17) is 43.4 Å². The van der Waals surface area contributed by atoms with E-state index in [-0.39, 0.29) is 36.7 Å². The Morgan fingerprint density at radius 3 is 1.39 bits per heavy atom. The Morgan fingerprint density at radius 2 is 0.971 bits per heavy atom. The van der Waals surface area contributed by atoms with Crippen LogP contribution in [0.5, 0.6) is 34.5 Å². The predicted octanol–water partition coefficient (Wildman–Crippen LogP) is 7.85. The van der Waals surface area contributed by atoms with Crippen molar-refractivity contribution in [2.24, 2.45) is 0 Å². The summed E-state index contributed by atoms with van der Waals surface area (Å²) in [5, 5.41) is 17.9. The van der Waals surface area contributed by atoms with E-state index in [9.17, 15) is 14.4 Å². The number of esters is 1. The normalized spacial score (nSPS) is 13.8. The number of carboxylic acids is 2. The van der Waals surface area contributed by atoms with Gasteiger partial charge in [-0.25, -0.2) is 9.59 Å². The number of rotatable bonds is 14. The van der Waals surface area contributed by atoms with Gasteiger partial charge in [0, 0.05) is 59.9 Å². The number of hydrogen-bond donors (Lipinski definition) is 2. The number of benzene rings is 6. The Kier molecular flexibility index (Phi) is 20.8. The van der Waals surface area contributed by atoms with Crippen molar-refractivity contribution >= 4 is 34.6 Å². The second kappa shape index (κ2) is 27.3. The van der Waals surface area contributed by atoms with E-state index < -0.39 is 11.9 Å². The van der Waals surface area contributed by atoms with Gasteiger partial charge < -0.3 is 48.8 Å². The minimum absolute atomic E-state index is 0. The molecule has 0 fully saturated rings. The predicted molar refractivity (Wildman–Crippen MR) is 260 cm³/mol. The molecule has 0 saturated heterocycles. The topological polar surface area (TPSA) is 186 Å². The largest absolute Gasteiger partial charge is 1.00 e. The molecule has 0 radical (unpaired) electrons. The zero-order chi connectivity index (χ0) is 47.5. The maximum atomic E-state index is 11.7. The molecule has 0 saturated carbocycles. The summed E-state index contributed by atoms with van der Waals surface area (Å²) in [4.78, 5) is 33.4. The van der Waals surface area contributed by atoms with Gasteiger partial charge >= 0.3 is 36.8 Å². The first-order chi connectivity index (χ1) is 33.2. The van der Waals surface area contributed by atoms with Gasteiger partial charge in [-0.05, 0) is 82.8 Å². The Labute approximate surface area is 419 Å². The Hall–Kier alpha value is -7.69. The number of hydrogen-bond acceptors (Lipinski definition) is 11. The average Bonchev–Trinajstić information content (AvgIpc) is 3.35. The molecule has 0 bridgehead atoms. The van der Waals surface area contributed by atoms with Gasteiger partial charge in [-0.3, -0.25) is 4.79 Å². The van der Waals surface area contributed by atoms with Crippen molar-refractivity contribution in [1.82, 2.24) is 0 Å². The molecule has 0 atom stereocenters. The molecule has 3 N–H and O–H groups in total. The summed E-state index contributed by atoms with van der Waals surface area (Å²) in [6.45, 7) is 5.05. The SMILES string of the molecule is CCOC(=O)/C=C1\CCOc2cc(OCc3ccccc3)ccc21.O=C(O)/C=C1\CCOc2cc(OCc3ccccc3)ccc21.O=C(O)CC1=CCOc2cc(OCc3ccccc3)ccc21.[Li+].[OH-]. The van der Waals surface area contributed by atoms with Gasteiger partial charge in [-0.15, -0.1) is 0 Å². The Balaban J connectivity index is 0.000000193.